The minimum Gasteiger partial charge on any atom is -0.0654 e. The molecule has 0 saturated carbocycles. The van der Waals surface area contributed by atoms with E-state index in [0.717, 1.165) is 0 Å². The van der Waals surface area contributed by atoms with Gasteiger partial charge < -0.3 is 0 Å². The largest absolute Gasteiger partial charge is 0.357 e. The van der Waals surface area contributed by atoms with Crippen molar-refractivity contribution in [2.75, 3.05) is 0 Å². The third kappa shape index (κ3) is 5.82. The quantitative estimate of drug-likeness (QED) is 0.605. The highest BCUT2D eigenvalue weighted by Crippen LogP contribution is 2.05. The molecule has 0 unspecified atom stereocenters. The van der Waals surface area contributed by atoms with Gasteiger partial charge in [-0.3, -0.25) is 0 Å². The molecular formula is C20H26I+. The van der Waals surface area contributed by atoms with Crippen LogP contribution in [-0.2, 0) is 12.8 Å². The molecule has 112 valence electrons. The van der Waals surface area contributed by atoms with Gasteiger partial charge >= 0.3 is 21.2 Å². The van der Waals surface area contributed by atoms with E-state index >= 15 is 0 Å². The van der Waals surface area contributed by atoms with E-state index in [1.54, 1.807) is 7.14 Å². The number of unbranched alkanes of at least 4 members (excludes halogenated alkanes) is 2. The molecule has 2 rings (SSSR count). The van der Waals surface area contributed by atoms with Gasteiger partial charge in [-0.2, -0.15) is 0 Å². The minimum absolute atomic E-state index is 0.0366. The summed E-state index contributed by atoms with van der Waals surface area (Å²) in [4.78, 5) is 0. The lowest BCUT2D eigenvalue weighted by Gasteiger charge is -1.99. The molecule has 0 N–H and O–H groups in total. The van der Waals surface area contributed by atoms with Crippen molar-refractivity contribution >= 4 is 0 Å². The lowest BCUT2D eigenvalue weighted by atomic mass is 10.1. The number of benzene rings is 2. The highest BCUT2D eigenvalue weighted by Gasteiger charge is 2.16. The molecular weight excluding hydrogens is 367 g/mol. The molecule has 21 heavy (non-hydrogen) atoms. The minimum atomic E-state index is -0.0366. The third-order valence-corrected chi connectivity index (χ3v) is 6.22. The first kappa shape index (κ1) is 16.5. The summed E-state index contributed by atoms with van der Waals surface area (Å²) in [6.45, 7) is 4.52. The highest BCUT2D eigenvalue weighted by atomic mass is 127. The lowest BCUT2D eigenvalue weighted by molar-refractivity contribution is -0.597. The van der Waals surface area contributed by atoms with E-state index in [1.165, 1.54) is 49.7 Å². The topological polar surface area (TPSA) is 0 Å². The van der Waals surface area contributed by atoms with Crippen LogP contribution < -0.4 is 21.2 Å². The number of hydrogen-bond acceptors (Lipinski definition) is 0. The van der Waals surface area contributed by atoms with Crippen LogP contribution in [-0.4, -0.2) is 0 Å². The number of rotatable bonds is 8. The van der Waals surface area contributed by atoms with E-state index in [0.29, 0.717) is 0 Å². The molecule has 0 radical (unpaired) electrons. The Morgan fingerprint density at radius 1 is 0.714 bits per heavy atom. The van der Waals surface area contributed by atoms with Crippen molar-refractivity contribution < 1.29 is 21.2 Å². The lowest BCUT2D eigenvalue weighted by Crippen LogP contribution is -3.61. The van der Waals surface area contributed by atoms with E-state index in [-0.39, 0.29) is 21.2 Å². The van der Waals surface area contributed by atoms with E-state index < -0.39 is 0 Å². The molecule has 0 nitrogen and oxygen atoms in total. The third-order valence-electron chi connectivity index (χ3n) is 3.63. The van der Waals surface area contributed by atoms with Gasteiger partial charge in [-0.15, -0.1) is 0 Å². The molecule has 0 aliphatic rings. The van der Waals surface area contributed by atoms with E-state index in [1.807, 2.05) is 0 Å². The Morgan fingerprint density at radius 3 is 1.62 bits per heavy atom. The van der Waals surface area contributed by atoms with E-state index in [2.05, 4.69) is 62.4 Å². The molecule has 0 amide bonds. The molecule has 0 atom stereocenters. The van der Waals surface area contributed by atoms with Crippen LogP contribution in [0.25, 0.3) is 0 Å². The molecule has 0 bridgehead atoms. The summed E-state index contributed by atoms with van der Waals surface area (Å²) in [6.07, 6.45) is 7.61. The number of halogens is 1. The van der Waals surface area contributed by atoms with Gasteiger partial charge in [0, 0.05) is 0 Å². The Hall–Kier alpha value is -0.830. The molecule has 0 heterocycles. The second kappa shape index (κ2) is 9.24. The first-order valence-corrected chi connectivity index (χ1v) is 10.3. The van der Waals surface area contributed by atoms with E-state index in [9.17, 15) is 0 Å². The van der Waals surface area contributed by atoms with Crippen molar-refractivity contribution in [3.63, 3.8) is 0 Å². The first-order valence-electron chi connectivity index (χ1n) is 8.14. The molecule has 0 aliphatic carbocycles. The molecule has 1 heteroatoms. The van der Waals surface area contributed by atoms with Crippen LogP contribution in [0.1, 0.15) is 50.7 Å². The zero-order valence-electron chi connectivity index (χ0n) is 13.2. The summed E-state index contributed by atoms with van der Waals surface area (Å²) in [5.74, 6) is 0. The van der Waals surface area contributed by atoms with Gasteiger partial charge in [0.05, 0.1) is 0 Å². The average Bonchev–Trinajstić information content (AvgIpc) is 2.52. The molecule has 2 aromatic rings. The number of aryl methyl sites for hydroxylation is 2. The van der Waals surface area contributed by atoms with Crippen molar-refractivity contribution in [2.24, 2.45) is 0 Å². The van der Waals surface area contributed by atoms with Crippen LogP contribution in [0.5, 0.6) is 0 Å². The first-order chi connectivity index (χ1) is 10.3. The van der Waals surface area contributed by atoms with Crippen molar-refractivity contribution in [3.8, 4) is 0 Å². The van der Waals surface area contributed by atoms with Crippen LogP contribution in [0.15, 0.2) is 48.5 Å². The van der Waals surface area contributed by atoms with Crippen LogP contribution in [0, 0.1) is 7.14 Å². The molecule has 2 aromatic carbocycles. The summed E-state index contributed by atoms with van der Waals surface area (Å²) in [7, 11) is 0. The highest BCUT2D eigenvalue weighted by molar-refractivity contribution is 5.16. The molecule has 0 saturated heterocycles. The van der Waals surface area contributed by atoms with Crippen molar-refractivity contribution in [1.82, 2.24) is 0 Å². The zero-order chi connectivity index (χ0) is 14.9. The molecule has 0 fully saturated rings. The van der Waals surface area contributed by atoms with Crippen LogP contribution in [0.4, 0.5) is 0 Å². The second-order valence-electron chi connectivity index (χ2n) is 5.56. The fraction of sp³-hybridized carbons (Fsp3) is 0.400. The van der Waals surface area contributed by atoms with Crippen LogP contribution in [0.2, 0.25) is 0 Å². The summed E-state index contributed by atoms with van der Waals surface area (Å²) < 4.78 is 3.10. The van der Waals surface area contributed by atoms with Gasteiger partial charge in [0.1, 0.15) is 0 Å². The second-order valence-corrected chi connectivity index (χ2v) is 8.59. The fourth-order valence-electron chi connectivity index (χ4n) is 2.39. The van der Waals surface area contributed by atoms with Crippen molar-refractivity contribution in [3.05, 3.63) is 66.8 Å². The summed E-state index contributed by atoms with van der Waals surface area (Å²) in [5, 5.41) is 0. The normalized spacial score (nSPS) is 10.8. The average molecular weight is 393 g/mol. The maximum absolute atomic E-state index is 2.43. The summed E-state index contributed by atoms with van der Waals surface area (Å²) in [5.41, 5.74) is 3.02. The van der Waals surface area contributed by atoms with Gasteiger partial charge in [0.15, 0.2) is 7.14 Å². The standard InChI is InChI=1S/C20H26I/c1-3-5-9-17-11-7-13-19(15-17)21-20-14-8-12-18(16-20)10-6-4-2/h7-8,11-16H,3-6,9-10H2,1-2H3/q+1. The van der Waals surface area contributed by atoms with Crippen molar-refractivity contribution in [2.45, 2.75) is 52.4 Å². The molecule has 0 aliphatic heterocycles. The van der Waals surface area contributed by atoms with Crippen LogP contribution >= 0.6 is 0 Å². The van der Waals surface area contributed by atoms with Gasteiger partial charge in [-0.1, -0.05) is 51.0 Å². The van der Waals surface area contributed by atoms with Crippen LogP contribution in [0.3, 0.4) is 0 Å². The Balaban J connectivity index is 2.03. The van der Waals surface area contributed by atoms with Gasteiger partial charge in [-0.25, -0.2) is 0 Å². The predicted octanol–water partition coefficient (Wildman–Crippen LogP) is 2.50. The predicted molar refractivity (Wildman–Crippen MR) is 87.5 cm³/mol. The Morgan fingerprint density at radius 2 is 1.19 bits per heavy atom. The van der Waals surface area contributed by atoms with Gasteiger partial charge in [0.25, 0.3) is 0 Å². The van der Waals surface area contributed by atoms with E-state index in [4.69, 9.17) is 0 Å². The molecule has 0 spiro atoms. The maximum Gasteiger partial charge on any atom is 0.357 e. The maximum atomic E-state index is 2.43. The van der Waals surface area contributed by atoms with Gasteiger partial charge in [-0.05, 0) is 61.1 Å². The Kier molecular flexibility index (Phi) is 7.28. The monoisotopic (exact) mass is 393 g/mol. The number of hydrogen-bond donors (Lipinski definition) is 0. The fourth-order valence-corrected chi connectivity index (χ4v) is 5.00. The summed E-state index contributed by atoms with van der Waals surface area (Å²) >= 11 is -0.0366. The SMILES string of the molecule is CCCCc1cccc([I+]c2cccc(CCCC)c2)c1. The smallest absolute Gasteiger partial charge is 0.0654 e. The molecule has 0 aromatic heterocycles. The van der Waals surface area contributed by atoms with Gasteiger partial charge in [0.2, 0.25) is 0 Å². The Bertz CT molecular complexity index is 496. The van der Waals surface area contributed by atoms with Crippen molar-refractivity contribution in [1.29, 1.82) is 0 Å². The zero-order valence-corrected chi connectivity index (χ0v) is 15.4. The Labute approximate surface area is 140 Å². The summed E-state index contributed by atoms with van der Waals surface area (Å²) in [6, 6.07) is 18.5.